The Bertz CT molecular complexity index is 1830. The van der Waals surface area contributed by atoms with Crippen molar-refractivity contribution in [2.75, 3.05) is 11.9 Å². The summed E-state index contributed by atoms with van der Waals surface area (Å²) in [5.41, 5.74) is 0.816. The summed E-state index contributed by atoms with van der Waals surface area (Å²) in [5, 5.41) is 10.2. The van der Waals surface area contributed by atoms with Crippen LogP contribution in [0.1, 0.15) is 39.5 Å². The Morgan fingerprint density at radius 1 is 1.05 bits per heavy atom. The molecule has 2 atom stereocenters. The number of carbonyl (C=O) groups excluding carboxylic acids is 1. The molecule has 10 heteroatoms. The van der Waals surface area contributed by atoms with Crippen LogP contribution in [0.15, 0.2) is 70.5 Å². The van der Waals surface area contributed by atoms with Crippen molar-refractivity contribution in [3.05, 3.63) is 93.5 Å². The first-order valence-electron chi connectivity index (χ1n) is 11.7. The highest BCUT2D eigenvalue weighted by molar-refractivity contribution is 7.90. The molecule has 1 amide bonds. The van der Waals surface area contributed by atoms with Crippen molar-refractivity contribution in [1.82, 2.24) is 8.54 Å². The van der Waals surface area contributed by atoms with Crippen LogP contribution in [0.3, 0.4) is 0 Å². The number of fused-ring (bicyclic) bond motifs is 3. The minimum Gasteiger partial charge on any atom is -0.477 e. The Balaban J connectivity index is 1.63. The second kappa shape index (κ2) is 7.42. The van der Waals surface area contributed by atoms with E-state index in [0.717, 1.165) is 16.8 Å². The van der Waals surface area contributed by atoms with Gasteiger partial charge in [-0.2, -0.15) is 0 Å². The number of rotatable bonds is 4. The van der Waals surface area contributed by atoms with Crippen LogP contribution in [0.2, 0.25) is 0 Å². The van der Waals surface area contributed by atoms with Crippen molar-refractivity contribution in [2.45, 2.75) is 29.6 Å². The van der Waals surface area contributed by atoms with Crippen molar-refractivity contribution in [2.24, 2.45) is 7.05 Å². The number of benzene rings is 2. The van der Waals surface area contributed by atoms with Gasteiger partial charge < -0.3 is 14.6 Å². The summed E-state index contributed by atoms with van der Waals surface area (Å²) in [4.78, 5) is 40.5. The average Bonchev–Trinajstić information content (AvgIpc) is 3.41. The Morgan fingerprint density at radius 2 is 1.73 bits per heavy atom. The van der Waals surface area contributed by atoms with Gasteiger partial charge in [0, 0.05) is 37.3 Å². The topological polar surface area (TPSA) is 119 Å². The summed E-state index contributed by atoms with van der Waals surface area (Å²) in [7, 11) is -1.21. The predicted molar refractivity (Wildman–Crippen MR) is 137 cm³/mol. The minimum absolute atomic E-state index is 0.0779. The van der Waals surface area contributed by atoms with Gasteiger partial charge in [-0.15, -0.1) is 0 Å². The molecule has 2 aromatic heterocycles. The van der Waals surface area contributed by atoms with Gasteiger partial charge >= 0.3 is 5.97 Å². The van der Waals surface area contributed by atoms with Gasteiger partial charge in [0.1, 0.15) is 11.2 Å². The van der Waals surface area contributed by atoms with Crippen LogP contribution >= 0.6 is 0 Å². The predicted octanol–water partition coefficient (Wildman–Crippen LogP) is 2.99. The number of hydrogen-bond donors (Lipinski definition) is 1. The molecule has 188 valence electrons. The number of pyridine rings is 1. The van der Waals surface area contributed by atoms with E-state index in [2.05, 4.69) is 0 Å². The molecule has 6 rings (SSSR count). The molecule has 0 radical (unpaired) electrons. The van der Waals surface area contributed by atoms with Crippen LogP contribution in [0.5, 0.6) is 0 Å². The fourth-order valence-corrected chi connectivity index (χ4v) is 7.25. The number of carboxylic acids is 1. The lowest BCUT2D eigenvalue weighted by atomic mass is 9.91. The quantitative estimate of drug-likeness (QED) is 0.445. The molecule has 9 nitrogen and oxygen atoms in total. The molecule has 1 spiro atoms. The lowest BCUT2D eigenvalue weighted by Gasteiger charge is -2.14. The SMILES string of the molecule is Cc1ccc(S(=O)(=O)n2c(C(=O)O)cc3c([C@@H]4C[C@@]45C(=O)N(C)c4ccccc45)cn(C)c(=O)c32)cc1. The smallest absolute Gasteiger partial charge is 0.353 e. The average molecular weight is 518 g/mol. The summed E-state index contributed by atoms with van der Waals surface area (Å²) in [6.07, 6.45) is 2.06. The Morgan fingerprint density at radius 3 is 2.41 bits per heavy atom. The Kier molecular flexibility index (Phi) is 4.66. The number of aryl methyl sites for hydroxylation is 2. The third kappa shape index (κ3) is 2.96. The largest absolute Gasteiger partial charge is 0.477 e. The first-order chi connectivity index (χ1) is 17.5. The van der Waals surface area contributed by atoms with Crippen molar-refractivity contribution in [1.29, 1.82) is 0 Å². The molecule has 1 aliphatic heterocycles. The minimum atomic E-state index is -4.42. The first-order valence-corrected chi connectivity index (χ1v) is 13.1. The molecule has 2 aromatic carbocycles. The number of nitrogens with zero attached hydrogens (tertiary/aromatic N) is 3. The van der Waals surface area contributed by atoms with E-state index in [1.54, 1.807) is 37.2 Å². The standard InChI is InChI=1S/C27H23N3O6S/c1-15-8-10-16(11-9-15)37(35,36)30-22(25(32)33)12-17-18(14-28(2)24(31)23(17)30)20-13-27(20)19-6-4-5-7-21(19)29(3)26(27)34/h4-12,14,20H,13H2,1-3H3,(H,32,33)/t20-,27-/m0/s1. The molecule has 3 heterocycles. The first kappa shape index (κ1) is 23.2. The Hall–Kier alpha value is -4.18. The lowest BCUT2D eigenvalue weighted by Crippen LogP contribution is -2.29. The molecule has 1 fully saturated rings. The van der Waals surface area contributed by atoms with E-state index >= 15 is 0 Å². The van der Waals surface area contributed by atoms with E-state index in [1.807, 2.05) is 24.3 Å². The molecule has 0 saturated heterocycles. The summed E-state index contributed by atoms with van der Waals surface area (Å²) < 4.78 is 29.3. The van der Waals surface area contributed by atoms with Gasteiger partial charge in [0.15, 0.2) is 0 Å². The molecule has 0 bridgehead atoms. The second-order valence-corrected chi connectivity index (χ2v) is 11.6. The van der Waals surface area contributed by atoms with Gasteiger partial charge in [0.2, 0.25) is 5.91 Å². The van der Waals surface area contributed by atoms with Crippen molar-refractivity contribution >= 4 is 38.5 Å². The fourth-order valence-electron chi connectivity index (χ4n) is 5.75. The zero-order valence-corrected chi connectivity index (χ0v) is 21.1. The zero-order valence-electron chi connectivity index (χ0n) is 20.3. The van der Waals surface area contributed by atoms with E-state index in [-0.39, 0.29) is 27.6 Å². The normalized spacial score (nSPS) is 20.6. The maximum atomic E-state index is 13.7. The van der Waals surface area contributed by atoms with Gasteiger partial charge in [-0.05, 0) is 48.7 Å². The number of likely N-dealkylation sites (N-methyl/N-ethyl adjacent to an activating group) is 1. The number of carbonyl (C=O) groups is 2. The van der Waals surface area contributed by atoms with Gasteiger partial charge in [0.25, 0.3) is 15.6 Å². The van der Waals surface area contributed by atoms with Crippen LogP contribution in [-0.4, -0.2) is 41.0 Å². The maximum Gasteiger partial charge on any atom is 0.353 e. The second-order valence-electron chi connectivity index (χ2n) is 9.79. The van der Waals surface area contributed by atoms with E-state index in [0.29, 0.717) is 16.0 Å². The van der Waals surface area contributed by atoms with E-state index in [9.17, 15) is 27.9 Å². The summed E-state index contributed by atoms with van der Waals surface area (Å²) in [5.74, 6) is -1.90. The Labute approximate surface area is 212 Å². The molecule has 4 aromatic rings. The summed E-state index contributed by atoms with van der Waals surface area (Å²) >= 11 is 0. The molecule has 1 N–H and O–H groups in total. The van der Waals surface area contributed by atoms with E-state index in [4.69, 9.17) is 0 Å². The summed E-state index contributed by atoms with van der Waals surface area (Å²) in [6, 6.07) is 14.7. The summed E-state index contributed by atoms with van der Waals surface area (Å²) in [6.45, 7) is 1.80. The molecule has 0 unspecified atom stereocenters. The van der Waals surface area contributed by atoms with Crippen LogP contribution in [0, 0.1) is 6.92 Å². The molecular formula is C27H23N3O6S. The van der Waals surface area contributed by atoms with Crippen molar-refractivity contribution < 1.29 is 23.1 Å². The number of hydrogen-bond acceptors (Lipinski definition) is 5. The maximum absolute atomic E-state index is 13.7. The van der Waals surface area contributed by atoms with Crippen LogP contribution in [-0.2, 0) is 27.3 Å². The highest BCUT2D eigenvalue weighted by Crippen LogP contribution is 2.66. The molecule has 1 saturated carbocycles. The van der Waals surface area contributed by atoms with Crippen LogP contribution < -0.4 is 10.5 Å². The number of carboxylic acid groups (broad SMARTS) is 1. The van der Waals surface area contributed by atoms with Crippen LogP contribution in [0.25, 0.3) is 10.9 Å². The number of anilines is 1. The van der Waals surface area contributed by atoms with E-state index in [1.165, 1.54) is 29.8 Å². The van der Waals surface area contributed by atoms with E-state index < -0.39 is 32.7 Å². The number of amides is 1. The zero-order chi connectivity index (χ0) is 26.4. The van der Waals surface area contributed by atoms with Gasteiger partial charge in [0.05, 0.1) is 10.3 Å². The fraction of sp³-hybridized carbons (Fsp3) is 0.222. The lowest BCUT2D eigenvalue weighted by molar-refractivity contribution is -0.120. The molecule has 1 aliphatic carbocycles. The van der Waals surface area contributed by atoms with Gasteiger partial charge in [-0.25, -0.2) is 17.2 Å². The van der Waals surface area contributed by atoms with Gasteiger partial charge in [-0.3, -0.25) is 9.59 Å². The molecule has 37 heavy (non-hydrogen) atoms. The highest BCUT2D eigenvalue weighted by Gasteiger charge is 2.67. The van der Waals surface area contributed by atoms with Gasteiger partial charge in [-0.1, -0.05) is 35.9 Å². The third-order valence-corrected chi connectivity index (χ3v) is 9.40. The third-order valence-electron chi connectivity index (χ3n) is 7.67. The monoisotopic (exact) mass is 517 g/mol. The van der Waals surface area contributed by atoms with Crippen molar-refractivity contribution in [3.8, 4) is 0 Å². The number of para-hydroxylation sites is 1. The van der Waals surface area contributed by atoms with Crippen LogP contribution in [0.4, 0.5) is 5.69 Å². The molecule has 2 aliphatic rings. The van der Waals surface area contributed by atoms with Crippen molar-refractivity contribution in [3.63, 3.8) is 0 Å². The number of aromatic carboxylic acids is 1. The molecular weight excluding hydrogens is 494 g/mol. The number of aromatic nitrogens is 2. The highest BCUT2D eigenvalue weighted by atomic mass is 32.2.